The van der Waals surface area contributed by atoms with Crippen molar-refractivity contribution in [3.8, 4) is 0 Å². The van der Waals surface area contributed by atoms with Crippen LogP contribution in [0.1, 0.15) is 20.8 Å². The molecule has 0 amide bonds. The van der Waals surface area contributed by atoms with E-state index in [1.165, 1.54) is 12.1 Å². The van der Waals surface area contributed by atoms with Gasteiger partial charge in [-0.2, -0.15) is 0 Å². The average Bonchev–Trinajstić information content (AvgIpc) is 2.12. The van der Waals surface area contributed by atoms with E-state index in [0.717, 1.165) is 0 Å². The summed E-state index contributed by atoms with van der Waals surface area (Å²) in [6, 6.07) is 2.78. The van der Waals surface area contributed by atoms with Crippen LogP contribution >= 0.6 is 23.2 Å². The van der Waals surface area contributed by atoms with E-state index in [4.69, 9.17) is 28.9 Å². The average molecular weight is 263 g/mol. The molecule has 1 rings (SSSR count). The van der Waals surface area contributed by atoms with Crippen molar-refractivity contribution in [3.05, 3.63) is 28.0 Å². The van der Waals surface area contributed by atoms with E-state index in [0.29, 0.717) is 11.5 Å². The van der Waals surface area contributed by atoms with Crippen LogP contribution in [0.15, 0.2) is 17.1 Å². The third-order valence-electron chi connectivity index (χ3n) is 1.99. The predicted octanol–water partition coefficient (Wildman–Crippen LogP) is 4.17. The molecule has 0 bridgehead atoms. The van der Waals surface area contributed by atoms with Gasteiger partial charge in [-0.15, -0.1) is 0 Å². The van der Waals surface area contributed by atoms with Crippen LogP contribution in [0.4, 0.5) is 10.1 Å². The second-order valence-corrected chi connectivity index (χ2v) is 5.28. The fourth-order valence-electron chi connectivity index (χ4n) is 0.913. The zero-order valence-electron chi connectivity index (χ0n) is 9.31. The Morgan fingerprint density at radius 1 is 1.25 bits per heavy atom. The molecule has 0 unspecified atom stereocenters. The van der Waals surface area contributed by atoms with Crippen molar-refractivity contribution < 1.29 is 4.39 Å². The number of aliphatic imine (C=N–C) groups is 1. The standard InChI is InChI=1S/C11H13Cl2FN2/c1-11(2,3)10(15)16-6-4-7(12)9(14)8(13)5-6/h4-5H,1-3H3,(H2,15,16). The summed E-state index contributed by atoms with van der Waals surface area (Å²) < 4.78 is 13.1. The first-order chi connectivity index (χ1) is 7.21. The van der Waals surface area contributed by atoms with Gasteiger partial charge in [0.25, 0.3) is 0 Å². The van der Waals surface area contributed by atoms with E-state index in [2.05, 4.69) is 4.99 Å². The number of hydrogen-bond donors (Lipinski definition) is 1. The summed E-state index contributed by atoms with van der Waals surface area (Å²) in [5, 5.41) is -0.124. The first-order valence-corrected chi connectivity index (χ1v) is 5.46. The summed E-state index contributed by atoms with van der Waals surface area (Å²) in [5.41, 5.74) is 5.98. The van der Waals surface area contributed by atoms with Crippen LogP contribution in [-0.4, -0.2) is 5.84 Å². The fourth-order valence-corrected chi connectivity index (χ4v) is 1.39. The second kappa shape index (κ2) is 4.60. The number of hydrogen-bond acceptors (Lipinski definition) is 1. The molecule has 0 saturated carbocycles. The molecule has 88 valence electrons. The first-order valence-electron chi connectivity index (χ1n) is 4.71. The minimum atomic E-state index is -0.642. The number of rotatable bonds is 1. The van der Waals surface area contributed by atoms with Gasteiger partial charge in [0.05, 0.1) is 15.7 Å². The largest absolute Gasteiger partial charge is 0.387 e. The highest BCUT2D eigenvalue weighted by atomic mass is 35.5. The molecule has 0 atom stereocenters. The van der Waals surface area contributed by atoms with Crippen molar-refractivity contribution >= 4 is 34.7 Å². The normalized spacial score (nSPS) is 13.0. The van der Waals surface area contributed by atoms with Crippen LogP contribution in [-0.2, 0) is 0 Å². The smallest absolute Gasteiger partial charge is 0.160 e. The monoisotopic (exact) mass is 262 g/mol. The number of halogens is 3. The van der Waals surface area contributed by atoms with Gasteiger partial charge in [-0.1, -0.05) is 44.0 Å². The Morgan fingerprint density at radius 2 is 1.69 bits per heavy atom. The van der Waals surface area contributed by atoms with Crippen molar-refractivity contribution in [2.75, 3.05) is 0 Å². The second-order valence-electron chi connectivity index (χ2n) is 4.47. The van der Waals surface area contributed by atoms with E-state index in [-0.39, 0.29) is 15.5 Å². The maximum atomic E-state index is 13.1. The molecular formula is C11H13Cl2FN2. The minimum Gasteiger partial charge on any atom is -0.387 e. The Hall–Kier alpha value is -0.800. The van der Waals surface area contributed by atoms with Crippen LogP contribution in [0.5, 0.6) is 0 Å². The molecule has 0 aliphatic carbocycles. The molecule has 0 aliphatic rings. The third-order valence-corrected chi connectivity index (χ3v) is 2.54. The lowest BCUT2D eigenvalue weighted by Gasteiger charge is -2.17. The van der Waals surface area contributed by atoms with Gasteiger partial charge in [0.1, 0.15) is 5.84 Å². The maximum absolute atomic E-state index is 13.1. The maximum Gasteiger partial charge on any atom is 0.160 e. The highest BCUT2D eigenvalue weighted by Crippen LogP contribution is 2.29. The van der Waals surface area contributed by atoms with Crippen LogP contribution in [0.3, 0.4) is 0 Å². The lowest BCUT2D eigenvalue weighted by molar-refractivity contribution is 0.585. The molecule has 0 aliphatic heterocycles. The van der Waals surface area contributed by atoms with E-state index in [1.54, 1.807) is 0 Å². The number of benzene rings is 1. The molecular weight excluding hydrogens is 250 g/mol. The van der Waals surface area contributed by atoms with Crippen LogP contribution in [0.2, 0.25) is 10.0 Å². The molecule has 5 heteroatoms. The van der Waals surface area contributed by atoms with E-state index in [9.17, 15) is 4.39 Å². The Balaban J connectivity index is 3.17. The zero-order valence-corrected chi connectivity index (χ0v) is 10.8. The van der Waals surface area contributed by atoms with E-state index >= 15 is 0 Å². The van der Waals surface area contributed by atoms with Gasteiger partial charge in [-0.05, 0) is 12.1 Å². The number of nitrogens with two attached hydrogens (primary N) is 1. The van der Waals surface area contributed by atoms with Crippen LogP contribution in [0, 0.1) is 11.2 Å². The zero-order chi connectivity index (χ0) is 12.5. The highest BCUT2D eigenvalue weighted by molar-refractivity contribution is 6.35. The van der Waals surface area contributed by atoms with E-state index in [1.807, 2.05) is 20.8 Å². The molecule has 0 heterocycles. The summed E-state index contributed by atoms with van der Waals surface area (Å²) in [5.74, 6) is -0.206. The van der Waals surface area contributed by atoms with Crippen molar-refractivity contribution in [2.45, 2.75) is 20.8 Å². The lowest BCUT2D eigenvalue weighted by atomic mass is 9.95. The molecule has 0 radical (unpaired) electrons. The van der Waals surface area contributed by atoms with Crippen molar-refractivity contribution in [1.29, 1.82) is 0 Å². The summed E-state index contributed by atoms with van der Waals surface area (Å²) in [6.07, 6.45) is 0. The Bertz CT molecular complexity index is 413. The van der Waals surface area contributed by atoms with Gasteiger partial charge in [0.15, 0.2) is 5.82 Å². The Morgan fingerprint density at radius 3 is 2.06 bits per heavy atom. The number of amidine groups is 1. The van der Waals surface area contributed by atoms with Crippen molar-refractivity contribution in [2.24, 2.45) is 16.1 Å². The molecule has 0 fully saturated rings. The van der Waals surface area contributed by atoms with E-state index < -0.39 is 5.82 Å². The predicted molar refractivity (Wildman–Crippen MR) is 67.2 cm³/mol. The highest BCUT2D eigenvalue weighted by Gasteiger charge is 2.16. The van der Waals surface area contributed by atoms with Gasteiger partial charge in [-0.25, -0.2) is 9.38 Å². The summed E-state index contributed by atoms with van der Waals surface area (Å²) >= 11 is 11.3. The van der Waals surface area contributed by atoms with Gasteiger partial charge in [0.2, 0.25) is 0 Å². The first kappa shape index (κ1) is 13.3. The molecule has 16 heavy (non-hydrogen) atoms. The summed E-state index contributed by atoms with van der Waals surface area (Å²) in [7, 11) is 0. The van der Waals surface area contributed by atoms with Crippen molar-refractivity contribution in [3.63, 3.8) is 0 Å². The van der Waals surface area contributed by atoms with Gasteiger partial charge < -0.3 is 5.73 Å². The third kappa shape index (κ3) is 3.09. The van der Waals surface area contributed by atoms with Gasteiger partial charge in [-0.3, -0.25) is 0 Å². The van der Waals surface area contributed by atoms with Crippen molar-refractivity contribution in [1.82, 2.24) is 0 Å². The van der Waals surface area contributed by atoms with Gasteiger partial charge >= 0.3 is 0 Å². The Labute approximate surface area is 104 Å². The molecule has 0 saturated heterocycles. The topological polar surface area (TPSA) is 38.4 Å². The van der Waals surface area contributed by atoms with Crippen LogP contribution in [0.25, 0.3) is 0 Å². The van der Waals surface area contributed by atoms with Crippen LogP contribution < -0.4 is 5.73 Å². The molecule has 2 N–H and O–H groups in total. The Kier molecular flexibility index (Phi) is 3.81. The molecule has 0 aromatic heterocycles. The molecule has 1 aromatic carbocycles. The fraction of sp³-hybridized carbons (Fsp3) is 0.364. The molecule has 2 nitrogen and oxygen atoms in total. The quantitative estimate of drug-likeness (QED) is 0.461. The molecule has 0 spiro atoms. The summed E-state index contributed by atoms with van der Waals surface area (Å²) in [6.45, 7) is 5.79. The minimum absolute atomic E-state index is 0.0621. The van der Waals surface area contributed by atoms with Gasteiger partial charge in [0, 0.05) is 5.41 Å². The lowest BCUT2D eigenvalue weighted by Crippen LogP contribution is -2.28. The number of nitrogens with zero attached hydrogens (tertiary/aromatic N) is 1. The summed E-state index contributed by atoms with van der Waals surface area (Å²) in [4.78, 5) is 4.15. The SMILES string of the molecule is CC(C)(C)C(N)=Nc1cc(Cl)c(F)c(Cl)c1. The molecule has 1 aromatic rings.